The normalized spacial score (nSPS) is 16.5. The van der Waals surface area contributed by atoms with Crippen molar-refractivity contribution in [1.29, 1.82) is 0 Å². The molecule has 0 bridgehead atoms. The number of rotatable bonds is 14. The van der Waals surface area contributed by atoms with Crippen LogP contribution in [0.15, 0.2) is 137 Å². The van der Waals surface area contributed by atoms with E-state index in [4.69, 9.17) is 9.73 Å². The number of nitrogens with zero attached hydrogens (tertiary/aromatic N) is 5. The fourth-order valence-corrected chi connectivity index (χ4v) is 10.9. The molecule has 2 aliphatic rings. The van der Waals surface area contributed by atoms with Crippen LogP contribution in [0.1, 0.15) is 64.1 Å². The molecule has 0 aliphatic carbocycles. The van der Waals surface area contributed by atoms with Gasteiger partial charge in [0.05, 0.1) is 34.6 Å². The van der Waals surface area contributed by atoms with Crippen molar-refractivity contribution in [3.63, 3.8) is 0 Å². The number of hydrogen-bond acceptors (Lipinski definition) is 9. The Morgan fingerprint density at radius 2 is 1.51 bits per heavy atom. The van der Waals surface area contributed by atoms with Gasteiger partial charge in [-0.15, -0.1) is 5.69 Å². The second kappa shape index (κ2) is 19.8. The van der Waals surface area contributed by atoms with Gasteiger partial charge in [-0.2, -0.15) is 0 Å². The van der Waals surface area contributed by atoms with Crippen molar-refractivity contribution in [3.05, 3.63) is 172 Å². The van der Waals surface area contributed by atoms with Crippen molar-refractivity contribution >= 4 is 56.2 Å². The number of hydrogen-bond donors (Lipinski definition) is 1. The van der Waals surface area contributed by atoms with Crippen LogP contribution in [-0.2, 0) is 52.2 Å². The van der Waals surface area contributed by atoms with Crippen molar-refractivity contribution in [3.8, 4) is 0 Å². The van der Waals surface area contributed by atoms with Crippen molar-refractivity contribution in [2.24, 2.45) is 4.99 Å². The van der Waals surface area contributed by atoms with E-state index in [9.17, 15) is 32.7 Å². The molecule has 5 aromatic carbocycles. The molecule has 0 radical (unpaired) electrons. The number of likely N-dealkylation sites (tertiary alicyclic amines) is 1. The molecule has 3 atom stereocenters. The van der Waals surface area contributed by atoms with Crippen molar-refractivity contribution < 1.29 is 53.9 Å². The standard InChI is InChI=1S/C50H49N5O8S.Ni/c1-32-27-33(2)47(34(3)28-32)64(61,62)55-31-40(37-19-11-13-22-42(37)55)39(29-44(56)54-25-26-63-50(54)60)46(49(58)59)52-45(36-17-8-5-9-18-36)38-20-10-12-21-41(38)51-48(57)43-23-14-24-53(43)30-35-15-6-4-7-16-35;/h4-13,15-22,27-28,31,39,43,46H,14,23-26,29-30H2,1-3H3,(H2,51,52,57,58,59);/p-1/t39-,43-,46+;/m0./s1. The molecule has 6 aromatic rings. The number of ether oxygens (including phenoxy) is 1. The minimum absolute atomic E-state index is 0. The van der Waals surface area contributed by atoms with E-state index < -0.39 is 52.4 Å². The SMILES string of the molecule is Cc1cc(C)c(S(=O)(=O)n2cc([C@H](CC(=O)N3CCOC3=O)[C@@H](N=C(c3ccccc3)c3ccccc3[N-]C(=O)[C@@H]3CCCN3Cc3ccccc3)C(=O)O)c3ccccc32)c(C)c1.[Ni]. The average Bonchev–Trinajstić information content (AvgIpc) is 4.03. The Hall–Kier alpha value is -6.41. The number of aryl methyl sites for hydroxylation is 3. The monoisotopic (exact) mass is 936 g/mol. The zero-order valence-electron chi connectivity index (χ0n) is 36.1. The molecule has 3 amide bonds. The van der Waals surface area contributed by atoms with E-state index in [1.165, 1.54) is 6.20 Å². The van der Waals surface area contributed by atoms with Gasteiger partial charge in [0.2, 0.25) is 5.91 Å². The smallest absolute Gasteiger partial charge is 0.416 e. The molecule has 1 N–H and O–H groups in total. The van der Waals surface area contributed by atoms with Crippen LogP contribution >= 0.6 is 0 Å². The fourth-order valence-electron chi connectivity index (χ4n) is 9.08. The van der Waals surface area contributed by atoms with Gasteiger partial charge in [-0.05, 0) is 74.0 Å². The van der Waals surface area contributed by atoms with Gasteiger partial charge in [0.15, 0.2) is 6.04 Å². The first-order valence-electron chi connectivity index (χ1n) is 21.2. The molecule has 2 fully saturated rings. The number of cyclic esters (lactones) is 1. The third-order valence-corrected chi connectivity index (χ3v) is 13.9. The topological polar surface area (TPSA) is 170 Å². The third kappa shape index (κ3) is 9.68. The van der Waals surface area contributed by atoms with Gasteiger partial charge in [-0.25, -0.2) is 26.9 Å². The van der Waals surface area contributed by atoms with Crippen molar-refractivity contribution in [2.75, 3.05) is 19.7 Å². The molecule has 2 aliphatic heterocycles. The quantitative estimate of drug-likeness (QED) is 0.0832. The predicted octanol–water partition coefficient (Wildman–Crippen LogP) is 8.44. The number of carbonyl (C=O) groups excluding carboxylic acids is 3. The second-order valence-electron chi connectivity index (χ2n) is 16.3. The van der Waals surface area contributed by atoms with E-state index in [1.54, 1.807) is 105 Å². The van der Waals surface area contributed by atoms with E-state index in [0.717, 1.165) is 33.0 Å². The number of carboxylic acid groups (broad SMARTS) is 1. The number of aromatic nitrogens is 1. The summed E-state index contributed by atoms with van der Waals surface area (Å²) in [6.07, 6.45) is 1.43. The van der Waals surface area contributed by atoms with Gasteiger partial charge in [0.1, 0.15) is 6.61 Å². The molecule has 8 rings (SSSR count). The average molecular weight is 938 g/mol. The first-order chi connectivity index (χ1) is 30.8. The maximum absolute atomic E-state index is 14.7. The molecular weight excluding hydrogens is 889 g/mol. The Labute approximate surface area is 388 Å². The number of benzene rings is 5. The predicted molar refractivity (Wildman–Crippen MR) is 243 cm³/mol. The molecule has 13 nitrogen and oxygen atoms in total. The van der Waals surface area contributed by atoms with Gasteiger partial charge in [0, 0.05) is 52.5 Å². The molecular formula is C50H48N5NiO8S-. The Morgan fingerprint density at radius 3 is 2.18 bits per heavy atom. The Morgan fingerprint density at radius 1 is 0.862 bits per heavy atom. The first kappa shape index (κ1) is 46.6. The fraction of sp³-hybridized carbons (Fsp3) is 0.260. The number of fused-ring (bicyclic) bond motifs is 1. The van der Waals surface area contributed by atoms with E-state index in [0.29, 0.717) is 40.6 Å². The maximum Gasteiger partial charge on any atom is 0.416 e. The number of aliphatic carboxylic acids is 1. The third-order valence-electron chi connectivity index (χ3n) is 11.9. The summed E-state index contributed by atoms with van der Waals surface area (Å²) in [5.74, 6) is -3.78. The number of carbonyl (C=O) groups is 4. The summed E-state index contributed by atoms with van der Waals surface area (Å²) in [6.45, 7) is 6.60. The molecule has 15 heteroatoms. The summed E-state index contributed by atoms with van der Waals surface area (Å²) >= 11 is 0. The molecule has 0 spiro atoms. The molecule has 65 heavy (non-hydrogen) atoms. The Bertz CT molecular complexity index is 2880. The van der Waals surface area contributed by atoms with Crippen LogP contribution in [0.4, 0.5) is 10.5 Å². The minimum atomic E-state index is -4.29. The number of imide groups is 1. The summed E-state index contributed by atoms with van der Waals surface area (Å²) in [5, 5.41) is 16.3. The van der Waals surface area contributed by atoms with Crippen molar-refractivity contribution in [2.45, 2.75) is 69.5 Å². The van der Waals surface area contributed by atoms with Gasteiger partial charge < -0.3 is 20.0 Å². The molecule has 338 valence electrons. The van der Waals surface area contributed by atoms with Crippen LogP contribution in [0.2, 0.25) is 0 Å². The number of aliphatic imine (C=N–C) groups is 1. The number of para-hydroxylation sites is 2. The second-order valence-corrected chi connectivity index (χ2v) is 18.1. The number of amides is 3. The Kier molecular flexibility index (Phi) is 14.2. The number of carboxylic acids is 1. The zero-order valence-corrected chi connectivity index (χ0v) is 37.9. The van der Waals surface area contributed by atoms with Gasteiger partial charge in [-0.3, -0.25) is 14.7 Å². The van der Waals surface area contributed by atoms with E-state index >= 15 is 0 Å². The zero-order chi connectivity index (χ0) is 45.1. The molecule has 2 saturated heterocycles. The van der Waals surface area contributed by atoms with Gasteiger partial charge >= 0.3 is 12.1 Å². The molecule has 3 heterocycles. The van der Waals surface area contributed by atoms with Gasteiger partial charge in [0.25, 0.3) is 10.0 Å². The van der Waals surface area contributed by atoms with Crippen molar-refractivity contribution in [1.82, 2.24) is 13.8 Å². The van der Waals surface area contributed by atoms with Gasteiger partial charge in [-0.1, -0.05) is 121 Å². The van der Waals surface area contributed by atoms with Crippen LogP contribution in [0.3, 0.4) is 0 Å². The first-order valence-corrected chi connectivity index (χ1v) is 22.7. The van der Waals surface area contributed by atoms with Crippen LogP contribution in [0.25, 0.3) is 16.2 Å². The van der Waals surface area contributed by atoms with Crippen LogP contribution in [0.5, 0.6) is 0 Å². The molecule has 0 saturated carbocycles. The maximum atomic E-state index is 14.7. The Balaban J connectivity index is 0.00000630. The largest absolute Gasteiger partial charge is 0.625 e. The summed E-state index contributed by atoms with van der Waals surface area (Å²) in [5.41, 5.74) is 4.90. The molecule has 0 unspecified atom stereocenters. The summed E-state index contributed by atoms with van der Waals surface area (Å²) < 4.78 is 35.7. The minimum Gasteiger partial charge on any atom is -0.625 e. The summed E-state index contributed by atoms with van der Waals surface area (Å²) in [6, 6.07) is 33.8. The summed E-state index contributed by atoms with van der Waals surface area (Å²) in [7, 11) is -4.29. The van der Waals surface area contributed by atoms with Crippen LogP contribution < -0.4 is 0 Å². The van der Waals surface area contributed by atoms with E-state index in [-0.39, 0.29) is 62.9 Å². The van der Waals surface area contributed by atoms with Crippen LogP contribution in [0, 0.1) is 20.8 Å². The van der Waals surface area contributed by atoms with Crippen LogP contribution in [-0.4, -0.2) is 88.7 Å². The molecule has 1 aromatic heterocycles. The summed E-state index contributed by atoms with van der Waals surface area (Å²) in [4.78, 5) is 63.0. The van der Waals surface area contributed by atoms with E-state index in [1.807, 2.05) is 37.3 Å². The van der Waals surface area contributed by atoms with E-state index in [2.05, 4.69) is 10.2 Å².